The van der Waals surface area contributed by atoms with Crippen molar-refractivity contribution in [3.8, 4) is 0 Å². The van der Waals surface area contributed by atoms with Crippen LogP contribution in [0.5, 0.6) is 0 Å². The minimum Gasteiger partial charge on any atom is -0.463 e. The van der Waals surface area contributed by atoms with E-state index in [1.165, 1.54) is 17.6 Å². The van der Waals surface area contributed by atoms with Gasteiger partial charge in [0.1, 0.15) is 0 Å². The minimum atomic E-state index is -0.259. The molecule has 114 valence electrons. The molecule has 20 heavy (non-hydrogen) atoms. The van der Waals surface area contributed by atoms with E-state index >= 15 is 0 Å². The lowest BCUT2D eigenvalue weighted by Crippen LogP contribution is -2.00. The van der Waals surface area contributed by atoms with E-state index in [2.05, 4.69) is 39.8 Å². The van der Waals surface area contributed by atoms with Gasteiger partial charge >= 0.3 is 5.97 Å². The third kappa shape index (κ3) is 10.6. The summed E-state index contributed by atoms with van der Waals surface area (Å²) in [6, 6.07) is 0. The second kappa shape index (κ2) is 10.5. The largest absolute Gasteiger partial charge is 0.463 e. The Hall–Kier alpha value is -1.31. The fourth-order valence-corrected chi connectivity index (χ4v) is 2.17. The molecule has 0 bridgehead atoms. The zero-order valence-corrected chi connectivity index (χ0v) is 14.0. The Morgan fingerprint density at radius 1 is 1.15 bits per heavy atom. The molecule has 2 heteroatoms. The second-order valence-electron chi connectivity index (χ2n) is 5.80. The van der Waals surface area contributed by atoms with E-state index < -0.39 is 0 Å². The van der Waals surface area contributed by atoms with Gasteiger partial charge in [-0.05, 0) is 65.4 Å². The zero-order valence-electron chi connectivity index (χ0n) is 14.0. The van der Waals surface area contributed by atoms with Crippen molar-refractivity contribution in [2.24, 2.45) is 5.92 Å². The van der Waals surface area contributed by atoms with Gasteiger partial charge in [0, 0.05) is 6.08 Å². The van der Waals surface area contributed by atoms with Crippen LogP contribution in [0.1, 0.15) is 60.8 Å². The number of carbonyl (C=O) groups excluding carboxylic acids is 1. The monoisotopic (exact) mass is 278 g/mol. The van der Waals surface area contributed by atoms with Crippen molar-refractivity contribution in [2.45, 2.75) is 60.8 Å². The van der Waals surface area contributed by atoms with Crippen molar-refractivity contribution in [3.63, 3.8) is 0 Å². The van der Waals surface area contributed by atoms with Crippen LogP contribution in [-0.4, -0.2) is 12.6 Å². The van der Waals surface area contributed by atoms with Gasteiger partial charge in [0.05, 0.1) is 6.61 Å². The van der Waals surface area contributed by atoms with Gasteiger partial charge in [-0.2, -0.15) is 0 Å². The molecule has 1 unspecified atom stereocenters. The lowest BCUT2D eigenvalue weighted by molar-refractivity contribution is -0.137. The van der Waals surface area contributed by atoms with Gasteiger partial charge in [-0.1, -0.05) is 30.2 Å². The van der Waals surface area contributed by atoms with Crippen LogP contribution in [0.3, 0.4) is 0 Å². The van der Waals surface area contributed by atoms with E-state index in [1.807, 2.05) is 13.8 Å². The molecule has 0 amide bonds. The first-order chi connectivity index (χ1) is 9.35. The van der Waals surface area contributed by atoms with E-state index in [4.69, 9.17) is 4.74 Å². The van der Waals surface area contributed by atoms with Crippen molar-refractivity contribution in [3.05, 3.63) is 34.9 Å². The second-order valence-corrected chi connectivity index (χ2v) is 5.80. The Morgan fingerprint density at radius 3 is 2.35 bits per heavy atom. The molecule has 0 aliphatic rings. The molecule has 0 spiro atoms. The number of hydrogen-bond donors (Lipinski definition) is 0. The van der Waals surface area contributed by atoms with Gasteiger partial charge in [0.2, 0.25) is 0 Å². The maximum atomic E-state index is 11.3. The number of allylic oxidation sites excluding steroid dienone is 5. The Bertz CT molecular complexity index is 382. The molecule has 0 saturated carbocycles. The number of ether oxygens (including phenoxy) is 1. The van der Waals surface area contributed by atoms with Gasteiger partial charge in [-0.15, -0.1) is 0 Å². The van der Waals surface area contributed by atoms with Crippen LogP contribution < -0.4 is 0 Å². The highest BCUT2D eigenvalue weighted by molar-refractivity contribution is 5.83. The first kappa shape index (κ1) is 18.7. The number of carbonyl (C=O) groups is 1. The van der Waals surface area contributed by atoms with Crippen molar-refractivity contribution in [2.75, 3.05) is 6.61 Å². The molecular formula is C18H30O2. The summed E-state index contributed by atoms with van der Waals surface area (Å²) in [7, 11) is 0. The average Bonchev–Trinajstić information content (AvgIpc) is 2.27. The summed E-state index contributed by atoms with van der Waals surface area (Å²) >= 11 is 0. The highest BCUT2D eigenvalue weighted by Gasteiger charge is 2.03. The molecule has 0 N–H and O–H groups in total. The van der Waals surface area contributed by atoms with Crippen LogP contribution in [0.15, 0.2) is 34.9 Å². The van der Waals surface area contributed by atoms with E-state index in [9.17, 15) is 4.79 Å². The molecular weight excluding hydrogens is 248 g/mol. The summed E-state index contributed by atoms with van der Waals surface area (Å²) in [6.45, 7) is 12.9. The first-order valence-electron chi connectivity index (χ1n) is 7.50. The van der Waals surface area contributed by atoms with Crippen LogP contribution in [0.25, 0.3) is 0 Å². The van der Waals surface area contributed by atoms with Crippen molar-refractivity contribution in [1.82, 2.24) is 0 Å². The molecule has 2 nitrogen and oxygen atoms in total. The zero-order chi connectivity index (χ0) is 15.5. The topological polar surface area (TPSA) is 26.3 Å². The summed E-state index contributed by atoms with van der Waals surface area (Å²) in [4.78, 5) is 11.3. The summed E-state index contributed by atoms with van der Waals surface area (Å²) in [5, 5.41) is 0. The van der Waals surface area contributed by atoms with E-state index in [0.717, 1.165) is 18.4 Å². The summed E-state index contributed by atoms with van der Waals surface area (Å²) < 4.78 is 4.90. The summed E-state index contributed by atoms with van der Waals surface area (Å²) in [5.74, 6) is 0.405. The highest BCUT2D eigenvalue weighted by Crippen LogP contribution is 2.18. The lowest BCUT2D eigenvalue weighted by atomic mass is 9.96. The third-order valence-electron chi connectivity index (χ3n) is 2.99. The molecule has 1 atom stereocenters. The van der Waals surface area contributed by atoms with Crippen LogP contribution in [0.2, 0.25) is 0 Å². The van der Waals surface area contributed by atoms with Crippen molar-refractivity contribution in [1.29, 1.82) is 0 Å². The Morgan fingerprint density at radius 2 is 1.80 bits per heavy atom. The van der Waals surface area contributed by atoms with Gasteiger partial charge in [0.25, 0.3) is 0 Å². The van der Waals surface area contributed by atoms with Gasteiger partial charge in [-0.25, -0.2) is 4.79 Å². The SMILES string of the molecule is CCOC(=O)/C=C(C)/C=C(\C)CC(C)CCC=C(C)C. The third-order valence-corrected chi connectivity index (χ3v) is 2.99. The smallest absolute Gasteiger partial charge is 0.330 e. The predicted molar refractivity (Wildman–Crippen MR) is 86.6 cm³/mol. The summed E-state index contributed by atoms with van der Waals surface area (Å²) in [5.41, 5.74) is 3.66. The van der Waals surface area contributed by atoms with Crippen molar-refractivity contribution < 1.29 is 9.53 Å². The van der Waals surface area contributed by atoms with Gasteiger partial charge in [0.15, 0.2) is 0 Å². The standard InChI is InChI=1S/C18H30O2/c1-7-20-18(19)13-17(6)12-16(5)11-15(4)10-8-9-14(2)3/h9,12-13,15H,7-8,10-11H2,1-6H3/b16-12+,17-13+. The van der Waals surface area contributed by atoms with Gasteiger partial charge in [-0.3, -0.25) is 0 Å². The number of esters is 1. The normalized spacial score (nSPS) is 13.9. The fourth-order valence-electron chi connectivity index (χ4n) is 2.17. The maximum Gasteiger partial charge on any atom is 0.330 e. The van der Waals surface area contributed by atoms with Crippen molar-refractivity contribution >= 4 is 5.97 Å². The van der Waals surface area contributed by atoms with Crippen LogP contribution >= 0.6 is 0 Å². The number of hydrogen-bond acceptors (Lipinski definition) is 2. The predicted octanol–water partition coefficient (Wildman–Crippen LogP) is 5.21. The molecule has 0 rings (SSSR count). The highest BCUT2D eigenvalue weighted by atomic mass is 16.5. The van der Waals surface area contributed by atoms with E-state index in [-0.39, 0.29) is 5.97 Å². The number of rotatable bonds is 8. The summed E-state index contributed by atoms with van der Waals surface area (Å²) in [6.07, 6.45) is 9.35. The maximum absolute atomic E-state index is 11.3. The quantitative estimate of drug-likeness (QED) is 0.263. The Balaban J connectivity index is 4.30. The molecule has 0 aromatic carbocycles. The average molecular weight is 278 g/mol. The minimum absolute atomic E-state index is 0.259. The molecule has 0 aliphatic heterocycles. The molecule has 0 aliphatic carbocycles. The van der Waals surface area contributed by atoms with Gasteiger partial charge < -0.3 is 4.74 Å². The Kier molecular flexibility index (Phi) is 9.79. The molecule has 0 radical (unpaired) electrons. The van der Waals surface area contributed by atoms with Crippen LogP contribution in [0, 0.1) is 5.92 Å². The molecule has 0 heterocycles. The molecule has 0 aromatic rings. The first-order valence-corrected chi connectivity index (χ1v) is 7.50. The Labute approximate surface area is 124 Å². The molecule has 0 saturated heterocycles. The van der Waals surface area contributed by atoms with E-state index in [1.54, 1.807) is 6.08 Å². The molecule has 0 fully saturated rings. The molecule has 0 aromatic heterocycles. The van der Waals surface area contributed by atoms with Crippen LogP contribution in [0.4, 0.5) is 0 Å². The fraction of sp³-hybridized carbons (Fsp3) is 0.611. The van der Waals surface area contributed by atoms with E-state index in [0.29, 0.717) is 12.5 Å². The van der Waals surface area contributed by atoms with Crippen LogP contribution in [-0.2, 0) is 9.53 Å². The lowest BCUT2D eigenvalue weighted by Gasteiger charge is -2.10.